The van der Waals surface area contributed by atoms with Crippen LogP contribution in [0.2, 0.25) is 0 Å². The third kappa shape index (κ3) is 2.44. The Hall–Kier alpha value is -1.08. The molecule has 2 rings (SSSR count). The number of nitrogens with zero attached hydrogens (tertiary/aromatic N) is 1. The summed E-state index contributed by atoms with van der Waals surface area (Å²) in [6, 6.07) is 8.28. The van der Waals surface area contributed by atoms with Crippen LogP contribution in [0.15, 0.2) is 30.3 Å². The average Bonchev–Trinajstić information content (AvgIpc) is 2.97. The van der Waals surface area contributed by atoms with Crippen LogP contribution >= 0.6 is 0 Å². The highest BCUT2D eigenvalue weighted by molar-refractivity contribution is 7.90. The fraction of sp³-hybridized carbons (Fsp3) is 0.400. The van der Waals surface area contributed by atoms with Crippen LogP contribution in [0.4, 0.5) is 13.2 Å². The van der Waals surface area contributed by atoms with Crippen molar-refractivity contribution >= 4 is 10.0 Å². The summed E-state index contributed by atoms with van der Waals surface area (Å²) in [7, 11) is -5.14. The first-order valence-electron chi connectivity index (χ1n) is 4.94. The normalized spacial score (nSPS) is 24.6. The molecule has 0 spiro atoms. The molecule has 1 aliphatic rings. The van der Waals surface area contributed by atoms with E-state index in [1.54, 1.807) is 30.3 Å². The van der Waals surface area contributed by atoms with Crippen LogP contribution in [0, 0.1) is 0 Å². The molecule has 1 saturated heterocycles. The fourth-order valence-electron chi connectivity index (χ4n) is 1.64. The maximum Gasteiger partial charge on any atom is 0.511 e. The van der Waals surface area contributed by atoms with Crippen molar-refractivity contribution in [3.63, 3.8) is 0 Å². The van der Waals surface area contributed by atoms with E-state index in [0.717, 1.165) is 5.56 Å². The predicted octanol–water partition coefficient (Wildman–Crippen LogP) is 1.76. The van der Waals surface area contributed by atoms with Crippen molar-refractivity contribution in [2.45, 2.75) is 18.0 Å². The van der Waals surface area contributed by atoms with Crippen molar-refractivity contribution in [1.29, 1.82) is 0 Å². The Morgan fingerprint density at radius 2 is 1.82 bits per heavy atom. The van der Waals surface area contributed by atoms with Crippen LogP contribution in [0.5, 0.6) is 0 Å². The zero-order chi connectivity index (χ0) is 12.7. The molecule has 0 aliphatic carbocycles. The number of benzene rings is 1. The number of hydrogen-bond acceptors (Lipinski definition) is 2. The molecule has 0 saturated carbocycles. The van der Waals surface area contributed by atoms with E-state index < -0.39 is 21.6 Å². The van der Waals surface area contributed by atoms with Gasteiger partial charge in [-0.25, -0.2) is 8.42 Å². The Bertz CT molecular complexity index is 498. The van der Waals surface area contributed by atoms with Gasteiger partial charge in [-0.3, -0.25) is 0 Å². The largest absolute Gasteiger partial charge is 0.511 e. The molecule has 3 nitrogen and oxygen atoms in total. The first-order valence-corrected chi connectivity index (χ1v) is 6.38. The molecule has 1 heterocycles. The highest BCUT2D eigenvalue weighted by Crippen LogP contribution is 2.35. The van der Waals surface area contributed by atoms with Crippen LogP contribution in [-0.2, 0) is 16.4 Å². The maximum absolute atomic E-state index is 12.2. The zero-order valence-electron chi connectivity index (χ0n) is 8.68. The van der Waals surface area contributed by atoms with Gasteiger partial charge in [0, 0.05) is 12.6 Å². The molecule has 1 fully saturated rings. The Labute approximate surface area is 96.9 Å². The highest BCUT2D eigenvalue weighted by atomic mass is 32.2. The number of rotatable bonds is 3. The summed E-state index contributed by atoms with van der Waals surface area (Å²) in [5.41, 5.74) is -4.37. The van der Waals surface area contributed by atoms with E-state index in [0.29, 0.717) is 10.7 Å². The Morgan fingerprint density at radius 3 is 2.35 bits per heavy atom. The van der Waals surface area contributed by atoms with Gasteiger partial charge in [0.25, 0.3) is 0 Å². The van der Waals surface area contributed by atoms with E-state index in [-0.39, 0.29) is 6.54 Å². The van der Waals surface area contributed by atoms with E-state index in [1.807, 2.05) is 0 Å². The molecular weight excluding hydrogens is 255 g/mol. The van der Waals surface area contributed by atoms with Crippen molar-refractivity contribution < 1.29 is 21.6 Å². The molecule has 17 heavy (non-hydrogen) atoms. The van der Waals surface area contributed by atoms with Gasteiger partial charge in [-0.05, 0) is 12.0 Å². The summed E-state index contributed by atoms with van der Waals surface area (Å²) < 4.78 is 59.1. The standard InChI is InChI=1S/C10H10F3NO2S/c11-10(12,13)17(15,16)14-7-9(14)6-8-4-2-1-3-5-8/h1-5,9H,6-7H2. The topological polar surface area (TPSA) is 37.1 Å². The molecule has 2 unspecified atom stereocenters. The molecule has 0 amide bonds. The second-order valence-electron chi connectivity index (χ2n) is 3.86. The van der Waals surface area contributed by atoms with Gasteiger partial charge in [-0.2, -0.15) is 17.5 Å². The molecule has 0 N–H and O–H groups in total. The minimum atomic E-state index is -5.20. The minimum absolute atomic E-state index is 0.0588. The van der Waals surface area contributed by atoms with Gasteiger partial charge in [0.15, 0.2) is 0 Å². The third-order valence-electron chi connectivity index (χ3n) is 2.58. The lowest BCUT2D eigenvalue weighted by atomic mass is 10.1. The summed E-state index contributed by atoms with van der Waals surface area (Å²) in [6.45, 7) is -0.0588. The molecule has 1 aromatic rings. The molecule has 0 bridgehead atoms. The van der Waals surface area contributed by atoms with Gasteiger partial charge >= 0.3 is 15.5 Å². The number of hydrogen-bond donors (Lipinski definition) is 0. The molecule has 1 aliphatic heterocycles. The van der Waals surface area contributed by atoms with Crippen molar-refractivity contribution in [2.75, 3.05) is 6.54 Å². The van der Waals surface area contributed by atoms with Crippen molar-refractivity contribution in [3.8, 4) is 0 Å². The second-order valence-corrected chi connectivity index (χ2v) is 5.75. The van der Waals surface area contributed by atoms with Crippen LogP contribution in [0.3, 0.4) is 0 Å². The lowest BCUT2D eigenvalue weighted by molar-refractivity contribution is -0.0467. The monoisotopic (exact) mass is 265 g/mol. The predicted molar refractivity (Wildman–Crippen MR) is 55.6 cm³/mol. The molecular formula is C10H10F3NO2S. The van der Waals surface area contributed by atoms with Crippen LogP contribution in [0.25, 0.3) is 0 Å². The maximum atomic E-state index is 12.2. The first kappa shape index (κ1) is 12.4. The van der Waals surface area contributed by atoms with E-state index in [4.69, 9.17) is 0 Å². The minimum Gasteiger partial charge on any atom is -0.203 e. The van der Waals surface area contributed by atoms with Crippen molar-refractivity contribution in [1.82, 2.24) is 4.31 Å². The fourth-order valence-corrected chi connectivity index (χ4v) is 2.74. The van der Waals surface area contributed by atoms with E-state index >= 15 is 0 Å². The van der Waals surface area contributed by atoms with Crippen LogP contribution < -0.4 is 0 Å². The summed E-state index contributed by atoms with van der Waals surface area (Å²) in [4.78, 5) is 0. The SMILES string of the molecule is O=S(=O)(N1CC1Cc1ccccc1)C(F)(F)F. The second kappa shape index (κ2) is 3.99. The van der Waals surface area contributed by atoms with E-state index in [1.165, 1.54) is 0 Å². The van der Waals surface area contributed by atoms with Gasteiger partial charge in [0.1, 0.15) is 0 Å². The van der Waals surface area contributed by atoms with Gasteiger partial charge in [0.05, 0.1) is 0 Å². The Kier molecular flexibility index (Phi) is 2.90. The zero-order valence-corrected chi connectivity index (χ0v) is 9.50. The van der Waals surface area contributed by atoms with Crippen molar-refractivity contribution in [3.05, 3.63) is 35.9 Å². The number of halogens is 3. The number of alkyl halides is 3. The molecule has 0 radical (unpaired) electrons. The third-order valence-corrected chi connectivity index (χ3v) is 4.23. The summed E-state index contributed by atoms with van der Waals surface area (Å²) >= 11 is 0. The highest BCUT2D eigenvalue weighted by Gasteiger charge is 2.57. The Balaban J connectivity index is 2.03. The summed E-state index contributed by atoms with van der Waals surface area (Å²) in [5.74, 6) is 0. The van der Waals surface area contributed by atoms with Crippen LogP contribution in [-0.4, -0.2) is 30.8 Å². The molecule has 7 heteroatoms. The van der Waals surface area contributed by atoms with E-state index in [9.17, 15) is 21.6 Å². The molecule has 1 aromatic carbocycles. The smallest absolute Gasteiger partial charge is 0.203 e. The molecule has 2 atom stereocenters. The van der Waals surface area contributed by atoms with Gasteiger partial charge in [-0.15, -0.1) is 0 Å². The van der Waals surface area contributed by atoms with E-state index in [2.05, 4.69) is 0 Å². The Morgan fingerprint density at radius 1 is 1.24 bits per heavy atom. The van der Waals surface area contributed by atoms with Gasteiger partial charge < -0.3 is 0 Å². The molecule has 94 valence electrons. The number of sulfonamides is 1. The lowest BCUT2D eigenvalue weighted by Gasteiger charge is -2.09. The van der Waals surface area contributed by atoms with Crippen molar-refractivity contribution in [2.24, 2.45) is 0 Å². The molecule has 0 aromatic heterocycles. The van der Waals surface area contributed by atoms with Gasteiger partial charge in [-0.1, -0.05) is 30.3 Å². The quantitative estimate of drug-likeness (QED) is 0.781. The average molecular weight is 265 g/mol. The van der Waals surface area contributed by atoms with Crippen LogP contribution in [0.1, 0.15) is 5.56 Å². The summed E-state index contributed by atoms with van der Waals surface area (Å²) in [6.07, 6.45) is 0.316. The van der Waals surface area contributed by atoms with Gasteiger partial charge in [0.2, 0.25) is 0 Å². The first-order chi connectivity index (χ1) is 7.82. The summed E-state index contributed by atoms with van der Waals surface area (Å²) in [5, 5.41) is 0. The lowest BCUT2D eigenvalue weighted by Crippen LogP contribution is -2.31.